The van der Waals surface area contributed by atoms with E-state index in [9.17, 15) is 0 Å². The summed E-state index contributed by atoms with van der Waals surface area (Å²) in [6.07, 6.45) is 8.46. The van der Waals surface area contributed by atoms with Gasteiger partial charge in [-0.05, 0) is 35.2 Å². The minimum Gasteiger partial charge on any atom is -0.369 e. The quantitative estimate of drug-likeness (QED) is 0.932. The van der Waals surface area contributed by atoms with Gasteiger partial charge in [0.2, 0.25) is 0 Å². The lowest BCUT2D eigenvalue weighted by atomic mass is 10.1. The van der Waals surface area contributed by atoms with Gasteiger partial charge in [-0.2, -0.15) is 10.2 Å². The average molecular weight is 338 g/mol. The van der Waals surface area contributed by atoms with Gasteiger partial charge in [0.25, 0.3) is 0 Å². The molecule has 108 valence electrons. The van der Waals surface area contributed by atoms with Gasteiger partial charge in [0.15, 0.2) is 0 Å². The van der Waals surface area contributed by atoms with Crippen molar-refractivity contribution in [1.29, 1.82) is 0 Å². The van der Waals surface area contributed by atoms with Gasteiger partial charge in [0.1, 0.15) is 5.82 Å². The largest absolute Gasteiger partial charge is 0.369 e. The molecule has 6 heteroatoms. The van der Waals surface area contributed by atoms with Crippen LogP contribution in [0.2, 0.25) is 0 Å². The zero-order chi connectivity index (χ0) is 14.1. The monoisotopic (exact) mass is 337 g/mol. The molecular formula is C14H20BrN5. The van der Waals surface area contributed by atoms with E-state index >= 15 is 0 Å². The number of nitrogens with zero attached hydrogens (tertiary/aromatic N) is 4. The molecular weight excluding hydrogens is 318 g/mol. The number of hydrogen-bond donors (Lipinski definition) is 1. The number of unbranched alkanes of at least 4 members (excludes halogenated alkanes) is 1. The number of fused-ring (bicyclic) bond motifs is 1. The summed E-state index contributed by atoms with van der Waals surface area (Å²) in [7, 11) is 1.96. The van der Waals surface area contributed by atoms with Crippen LogP contribution in [0.25, 0.3) is 0 Å². The van der Waals surface area contributed by atoms with Gasteiger partial charge in [-0.25, -0.2) is 4.68 Å². The molecule has 1 aliphatic rings. The normalized spacial score (nSPS) is 17.9. The fourth-order valence-corrected chi connectivity index (χ4v) is 3.32. The van der Waals surface area contributed by atoms with E-state index in [0.717, 1.165) is 35.4 Å². The van der Waals surface area contributed by atoms with Crippen LogP contribution in [-0.4, -0.2) is 26.1 Å². The minimum atomic E-state index is 0.284. The molecule has 1 N–H and O–H groups in total. The Bertz CT molecular complexity index is 601. The van der Waals surface area contributed by atoms with Crippen molar-refractivity contribution in [1.82, 2.24) is 19.6 Å². The van der Waals surface area contributed by atoms with Crippen LogP contribution in [0.5, 0.6) is 0 Å². The molecule has 1 atom stereocenters. The summed E-state index contributed by atoms with van der Waals surface area (Å²) in [5.41, 5.74) is 2.39. The topological polar surface area (TPSA) is 47.7 Å². The molecule has 0 bridgehead atoms. The standard InChI is InChI=1S/C14H20BrN5/c1-3-4-5-11-13(15)14-16-7-6-12(20(14)18-11)10-8-17-19(2)9-10/h8-9,12,16H,3-7H2,1-2H3. The number of hydrogen-bond acceptors (Lipinski definition) is 3. The highest BCUT2D eigenvalue weighted by Gasteiger charge is 2.27. The van der Waals surface area contributed by atoms with Gasteiger partial charge in [0, 0.05) is 25.4 Å². The highest BCUT2D eigenvalue weighted by Crippen LogP contribution is 2.36. The van der Waals surface area contributed by atoms with Gasteiger partial charge >= 0.3 is 0 Å². The smallest absolute Gasteiger partial charge is 0.139 e. The van der Waals surface area contributed by atoms with Crippen LogP contribution >= 0.6 is 15.9 Å². The predicted octanol–water partition coefficient (Wildman–Crippen LogP) is 3.13. The number of halogens is 1. The van der Waals surface area contributed by atoms with Crippen molar-refractivity contribution in [2.75, 3.05) is 11.9 Å². The van der Waals surface area contributed by atoms with E-state index in [0.29, 0.717) is 0 Å². The van der Waals surface area contributed by atoms with Crippen molar-refractivity contribution in [2.45, 2.75) is 38.6 Å². The molecule has 0 amide bonds. The molecule has 20 heavy (non-hydrogen) atoms. The zero-order valence-corrected chi connectivity index (χ0v) is 13.5. The van der Waals surface area contributed by atoms with Crippen LogP contribution in [0.1, 0.15) is 43.5 Å². The Labute approximate surface area is 127 Å². The number of nitrogens with one attached hydrogen (secondary N) is 1. The van der Waals surface area contributed by atoms with Gasteiger partial charge in [0.05, 0.1) is 22.4 Å². The maximum atomic E-state index is 4.83. The Hall–Kier alpha value is -1.30. The summed E-state index contributed by atoms with van der Waals surface area (Å²) in [5.74, 6) is 1.11. The first-order valence-electron chi connectivity index (χ1n) is 7.20. The molecule has 1 unspecified atom stereocenters. The Morgan fingerprint density at radius 1 is 1.50 bits per heavy atom. The molecule has 2 aromatic rings. The first-order chi connectivity index (χ1) is 9.70. The summed E-state index contributed by atoms with van der Waals surface area (Å²) in [5, 5.41) is 12.6. The SMILES string of the molecule is CCCCc1nn2c(c1Br)NCCC2c1cnn(C)c1. The third-order valence-corrected chi connectivity index (χ3v) is 4.63. The molecule has 0 spiro atoms. The van der Waals surface area contributed by atoms with Crippen LogP contribution < -0.4 is 5.32 Å². The highest BCUT2D eigenvalue weighted by molar-refractivity contribution is 9.10. The van der Waals surface area contributed by atoms with E-state index in [4.69, 9.17) is 5.10 Å². The molecule has 1 aliphatic heterocycles. The van der Waals surface area contributed by atoms with Crippen molar-refractivity contribution in [3.05, 3.63) is 28.1 Å². The summed E-state index contributed by atoms with van der Waals surface area (Å²) in [6.45, 7) is 3.18. The molecule has 3 heterocycles. The summed E-state index contributed by atoms with van der Waals surface area (Å²) < 4.78 is 5.10. The number of rotatable bonds is 4. The van der Waals surface area contributed by atoms with Crippen LogP contribution in [0.15, 0.2) is 16.9 Å². The van der Waals surface area contributed by atoms with E-state index in [1.807, 2.05) is 17.9 Å². The van der Waals surface area contributed by atoms with Crippen molar-refractivity contribution >= 4 is 21.7 Å². The van der Waals surface area contributed by atoms with Crippen LogP contribution in [0, 0.1) is 0 Å². The van der Waals surface area contributed by atoms with Crippen molar-refractivity contribution in [3.63, 3.8) is 0 Å². The molecule has 5 nitrogen and oxygen atoms in total. The van der Waals surface area contributed by atoms with E-state index in [1.54, 1.807) is 0 Å². The maximum Gasteiger partial charge on any atom is 0.139 e. The molecule has 0 saturated heterocycles. The van der Waals surface area contributed by atoms with Gasteiger partial charge < -0.3 is 5.32 Å². The van der Waals surface area contributed by atoms with Crippen LogP contribution in [0.4, 0.5) is 5.82 Å². The molecule has 0 radical (unpaired) electrons. The highest BCUT2D eigenvalue weighted by atomic mass is 79.9. The number of aromatic nitrogens is 4. The third kappa shape index (κ3) is 2.37. The van der Waals surface area contributed by atoms with E-state index in [2.05, 4.69) is 44.1 Å². The zero-order valence-electron chi connectivity index (χ0n) is 11.9. The lowest BCUT2D eigenvalue weighted by molar-refractivity contribution is 0.477. The lowest BCUT2D eigenvalue weighted by Crippen LogP contribution is -2.24. The fraction of sp³-hybridized carbons (Fsp3) is 0.571. The van der Waals surface area contributed by atoms with E-state index in [-0.39, 0.29) is 6.04 Å². The summed E-state index contributed by atoms with van der Waals surface area (Å²) in [6, 6.07) is 0.284. The first kappa shape index (κ1) is 13.7. The Morgan fingerprint density at radius 2 is 2.35 bits per heavy atom. The lowest BCUT2D eigenvalue weighted by Gasteiger charge is -2.25. The Balaban J connectivity index is 1.96. The van der Waals surface area contributed by atoms with Gasteiger partial charge in [-0.1, -0.05) is 13.3 Å². The molecule has 0 aliphatic carbocycles. The van der Waals surface area contributed by atoms with Crippen molar-refractivity contribution < 1.29 is 0 Å². The van der Waals surface area contributed by atoms with Crippen molar-refractivity contribution in [2.24, 2.45) is 7.05 Å². The van der Waals surface area contributed by atoms with Crippen LogP contribution in [0.3, 0.4) is 0 Å². The van der Waals surface area contributed by atoms with E-state index in [1.165, 1.54) is 18.4 Å². The maximum absolute atomic E-state index is 4.83. The molecule has 0 fully saturated rings. The number of anilines is 1. The van der Waals surface area contributed by atoms with Gasteiger partial charge in [-0.15, -0.1) is 0 Å². The second-order valence-corrected chi connectivity index (χ2v) is 6.13. The Morgan fingerprint density at radius 3 is 3.05 bits per heavy atom. The minimum absolute atomic E-state index is 0.284. The van der Waals surface area contributed by atoms with Crippen molar-refractivity contribution in [3.8, 4) is 0 Å². The number of aryl methyl sites for hydroxylation is 2. The predicted molar refractivity (Wildman–Crippen MR) is 83.0 cm³/mol. The average Bonchev–Trinajstić information content (AvgIpc) is 3.01. The second kappa shape index (κ2) is 5.60. The van der Waals surface area contributed by atoms with E-state index < -0.39 is 0 Å². The molecule has 0 saturated carbocycles. The Kier molecular flexibility index (Phi) is 3.83. The third-order valence-electron chi connectivity index (χ3n) is 3.80. The fourth-order valence-electron chi connectivity index (χ4n) is 2.72. The molecule has 3 rings (SSSR count). The molecule has 2 aromatic heterocycles. The second-order valence-electron chi connectivity index (χ2n) is 5.34. The summed E-state index contributed by atoms with van der Waals surface area (Å²) >= 11 is 3.71. The first-order valence-corrected chi connectivity index (χ1v) is 7.99. The van der Waals surface area contributed by atoms with Gasteiger partial charge in [-0.3, -0.25) is 4.68 Å². The molecule has 0 aromatic carbocycles. The van der Waals surface area contributed by atoms with Crippen LogP contribution in [-0.2, 0) is 13.5 Å². The summed E-state index contributed by atoms with van der Waals surface area (Å²) in [4.78, 5) is 0.